The maximum Gasteiger partial charge on any atom is 0.256 e. The van der Waals surface area contributed by atoms with Crippen LogP contribution < -0.4 is 10.1 Å². The lowest BCUT2D eigenvalue weighted by Gasteiger charge is -2.30. The van der Waals surface area contributed by atoms with Crippen LogP contribution in [0, 0.1) is 12.8 Å². The minimum Gasteiger partial charge on any atom is -0.494 e. The van der Waals surface area contributed by atoms with Crippen molar-refractivity contribution in [2.75, 3.05) is 18.5 Å². The van der Waals surface area contributed by atoms with Gasteiger partial charge in [-0.3, -0.25) is 4.79 Å². The molecule has 0 bridgehead atoms. The van der Waals surface area contributed by atoms with Crippen LogP contribution >= 0.6 is 0 Å². The minimum absolute atomic E-state index is 0.105. The van der Waals surface area contributed by atoms with Gasteiger partial charge in [0.2, 0.25) is 0 Å². The van der Waals surface area contributed by atoms with Gasteiger partial charge in [-0.05, 0) is 63.8 Å². The monoisotopic (exact) mass is 307 g/mol. The van der Waals surface area contributed by atoms with E-state index in [1.54, 1.807) is 0 Å². The fourth-order valence-corrected chi connectivity index (χ4v) is 2.62. The van der Waals surface area contributed by atoms with Crippen LogP contribution in [0.3, 0.4) is 0 Å². The summed E-state index contributed by atoms with van der Waals surface area (Å²) in [6, 6.07) is 5.66. The van der Waals surface area contributed by atoms with E-state index in [1.807, 2.05) is 45.9 Å². The quantitative estimate of drug-likeness (QED) is 0.784. The van der Waals surface area contributed by atoms with Crippen molar-refractivity contribution in [3.63, 3.8) is 0 Å². The first-order chi connectivity index (χ1) is 10.3. The zero-order valence-electron chi connectivity index (χ0n) is 14.7. The van der Waals surface area contributed by atoms with Crippen LogP contribution in [-0.4, -0.2) is 24.7 Å². The SMILES string of the molecule is CCOc1ccc(NC(=O)C(C)(CC(C)C)OCC)cc1C. The highest BCUT2D eigenvalue weighted by molar-refractivity contribution is 5.97. The van der Waals surface area contributed by atoms with Crippen LogP contribution in [0.2, 0.25) is 0 Å². The second-order valence-electron chi connectivity index (χ2n) is 6.13. The van der Waals surface area contributed by atoms with Gasteiger partial charge in [-0.1, -0.05) is 13.8 Å². The molecule has 0 aliphatic carbocycles. The van der Waals surface area contributed by atoms with Crippen molar-refractivity contribution in [3.8, 4) is 5.75 Å². The van der Waals surface area contributed by atoms with Crippen molar-refractivity contribution in [1.29, 1.82) is 0 Å². The molecule has 4 nitrogen and oxygen atoms in total. The number of anilines is 1. The van der Waals surface area contributed by atoms with Gasteiger partial charge in [-0.2, -0.15) is 0 Å². The zero-order valence-corrected chi connectivity index (χ0v) is 14.7. The highest BCUT2D eigenvalue weighted by atomic mass is 16.5. The lowest BCUT2D eigenvalue weighted by Crippen LogP contribution is -2.44. The summed E-state index contributed by atoms with van der Waals surface area (Å²) < 4.78 is 11.2. The van der Waals surface area contributed by atoms with Crippen molar-refractivity contribution in [2.24, 2.45) is 5.92 Å². The molecule has 1 atom stereocenters. The number of ether oxygens (including phenoxy) is 2. The molecule has 22 heavy (non-hydrogen) atoms. The Morgan fingerprint density at radius 1 is 1.27 bits per heavy atom. The molecule has 0 fully saturated rings. The summed E-state index contributed by atoms with van der Waals surface area (Å²) in [7, 11) is 0. The van der Waals surface area contributed by atoms with E-state index in [4.69, 9.17) is 9.47 Å². The van der Waals surface area contributed by atoms with E-state index in [1.165, 1.54) is 0 Å². The van der Waals surface area contributed by atoms with Gasteiger partial charge in [0.05, 0.1) is 6.61 Å². The minimum atomic E-state index is -0.810. The molecule has 1 aromatic carbocycles. The third-order valence-corrected chi connectivity index (χ3v) is 3.47. The molecule has 0 saturated carbocycles. The van der Waals surface area contributed by atoms with Crippen LogP contribution in [0.5, 0.6) is 5.75 Å². The number of nitrogens with one attached hydrogen (secondary N) is 1. The first-order valence-corrected chi connectivity index (χ1v) is 8.01. The molecule has 1 aromatic rings. The number of amides is 1. The fraction of sp³-hybridized carbons (Fsp3) is 0.611. The van der Waals surface area contributed by atoms with Crippen LogP contribution in [0.1, 0.15) is 46.6 Å². The number of hydrogen-bond acceptors (Lipinski definition) is 3. The second kappa shape index (κ2) is 8.18. The van der Waals surface area contributed by atoms with Gasteiger partial charge >= 0.3 is 0 Å². The molecule has 4 heteroatoms. The van der Waals surface area contributed by atoms with Crippen molar-refractivity contribution in [2.45, 2.75) is 53.6 Å². The van der Waals surface area contributed by atoms with Gasteiger partial charge < -0.3 is 14.8 Å². The standard InChI is InChI=1S/C18H29NO3/c1-7-21-16-10-9-15(11-14(16)5)19-17(20)18(6,22-8-2)12-13(3)4/h9-11,13H,7-8,12H2,1-6H3,(H,19,20). The molecule has 1 rings (SSSR count). The van der Waals surface area contributed by atoms with Crippen LogP contribution in [0.15, 0.2) is 18.2 Å². The summed E-state index contributed by atoms with van der Waals surface area (Å²) in [5.74, 6) is 1.12. The van der Waals surface area contributed by atoms with Gasteiger partial charge in [-0.25, -0.2) is 0 Å². The number of rotatable bonds is 8. The van der Waals surface area contributed by atoms with E-state index in [2.05, 4.69) is 19.2 Å². The van der Waals surface area contributed by atoms with Crippen LogP contribution in [0.25, 0.3) is 0 Å². The highest BCUT2D eigenvalue weighted by Crippen LogP contribution is 2.26. The average Bonchev–Trinajstić information content (AvgIpc) is 2.41. The number of hydrogen-bond donors (Lipinski definition) is 1. The van der Waals surface area contributed by atoms with Crippen molar-refractivity contribution < 1.29 is 14.3 Å². The zero-order chi connectivity index (χ0) is 16.8. The van der Waals surface area contributed by atoms with Gasteiger partial charge in [-0.15, -0.1) is 0 Å². The molecule has 1 N–H and O–H groups in total. The predicted molar refractivity (Wildman–Crippen MR) is 90.5 cm³/mol. The molecule has 0 saturated heterocycles. The van der Waals surface area contributed by atoms with Gasteiger partial charge in [0.15, 0.2) is 0 Å². The molecule has 1 unspecified atom stereocenters. The Labute approximate surface area is 134 Å². The highest BCUT2D eigenvalue weighted by Gasteiger charge is 2.34. The topological polar surface area (TPSA) is 47.6 Å². The maximum atomic E-state index is 12.6. The predicted octanol–water partition coefficient (Wildman–Crippen LogP) is 4.17. The maximum absolute atomic E-state index is 12.6. The Hall–Kier alpha value is -1.55. The normalized spacial score (nSPS) is 13.8. The Kier molecular flexibility index (Phi) is 6.88. The van der Waals surface area contributed by atoms with E-state index >= 15 is 0 Å². The van der Waals surface area contributed by atoms with E-state index in [9.17, 15) is 4.79 Å². The molecule has 0 aliphatic heterocycles. The van der Waals surface area contributed by atoms with Crippen molar-refractivity contribution in [1.82, 2.24) is 0 Å². The summed E-state index contributed by atoms with van der Waals surface area (Å²) in [5, 5.41) is 2.96. The van der Waals surface area contributed by atoms with E-state index in [0.29, 0.717) is 25.6 Å². The molecule has 124 valence electrons. The van der Waals surface area contributed by atoms with Gasteiger partial charge in [0.1, 0.15) is 11.4 Å². The first-order valence-electron chi connectivity index (χ1n) is 8.01. The molecule has 0 radical (unpaired) electrons. The Morgan fingerprint density at radius 2 is 1.95 bits per heavy atom. The number of aryl methyl sites for hydroxylation is 1. The smallest absolute Gasteiger partial charge is 0.256 e. The number of benzene rings is 1. The number of carbonyl (C=O) groups excluding carboxylic acids is 1. The molecule has 1 amide bonds. The third kappa shape index (κ3) is 5.02. The van der Waals surface area contributed by atoms with E-state index in [-0.39, 0.29) is 5.91 Å². The molecule has 0 aromatic heterocycles. The van der Waals surface area contributed by atoms with Crippen molar-refractivity contribution in [3.05, 3.63) is 23.8 Å². The lowest BCUT2D eigenvalue weighted by atomic mass is 9.93. The summed E-state index contributed by atoms with van der Waals surface area (Å²) in [4.78, 5) is 12.6. The fourth-order valence-electron chi connectivity index (χ4n) is 2.62. The molecule has 0 spiro atoms. The third-order valence-electron chi connectivity index (χ3n) is 3.47. The Balaban J connectivity index is 2.87. The largest absolute Gasteiger partial charge is 0.494 e. The van der Waals surface area contributed by atoms with Crippen LogP contribution in [0.4, 0.5) is 5.69 Å². The second-order valence-corrected chi connectivity index (χ2v) is 6.13. The van der Waals surface area contributed by atoms with Gasteiger partial charge in [0.25, 0.3) is 5.91 Å². The van der Waals surface area contributed by atoms with E-state index < -0.39 is 5.60 Å². The molecule has 0 heterocycles. The number of carbonyl (C=O) groups is 1. The molecule has 0 aliphatic rings. The van der Waals surface area contributed by atoms with Crippen LogP contribution in [-0.2, 0) is 9.53 Å². The summed E-state index contributed by atoms with van der Waals surface area (Å²) in [5.41, 5.74) is 0.956. The summed E-state index contributed by atoms with van der Waals surface area (Å²) in [6.45, 7) is 13.0. The summed E-state index contributed by atoms with van der Waals surface area (Å²) in [6.07, 6.45) is 0.683. The Morgan fingerprint density at radius 3 is 2.45 bits per heavy atom. The first kappa shape index (κ1) is 18.5. The lowest BCUT2D eigenvalue weighted by molar-refractivity contribution is -0.140. The molecular weight excluding hydrogens is 278 g/mol. The van der Waals surface area contributed by atoms with Crippen molar-refractivity contribution >= 4 is 11.6 Å². The van der Waals surface area contributed by atoms with Gasteiger partial charge in [0, 0.05) is 12.3 Å². The summed E-state index contributed by atoms with van der Waals surface area (Å²) >= 11 is 0. The molecular formula is C18H29NO3. The van der Waals surface area contributed by atoms with E-state index in [0.717, 1.165) is 17.0 Å². The Bertz CT molecular complexity index is 499. The average molecular weight is 307 g/mol.